The van der Waals surface area contributed by atoms with E-state index in [1.54, 1.807) is 16.8 Å². The monoisotopic (exact) mass is 472 g/mol. The lowest BCUT2D eigenvalue weighted by Crippen LogP contribution is -2.25. The molecule has 5 rings (SSSR count). The van der Waals surface area contributed by atoms with Gasteiger partial charge in [0.05, 0.1) is 22.8 Å². The van der Waals surface area contributed by atoms with Gasteiger partial charge in [-0.25, -0.2) is 14.1 Å². The standard InChI is InChI=1S/C26H21FN4O2S/c1-16-3-10-21(11-4-16)28-26-31(30-17(2)18-5-8-20(27)9-6-18)23(15-34-26)19-7-12-24-22(13-19)29-25(32)14-33-24/h3-13,15H,14H2,1-2H3,(H,29,32). The van der Waals surface area contributed by atoms with Gasteiger partial charge in [0.25, 0.3) is 5.91 Å². The predicted octanol–water partition coefficient (Wildman–Crippen LogP) is 5.50. The van der Waals surface area contributed by atoms with Crippen LogP contribution in [0.2, 0.25) is 0 Å². The molecule has 6 nitrogen and oxygen atoms in total. The molecule has 0 saturated heterocycles. The fraction of sp³-hybridized carbons (Fsp3) is 0.115. The van der Waals surface area contributed by atoms with E-state index < -0.39 is 0 Å². The van der Waals surface area contributed by atoms with Crippen molar-refractivity contribution < 1.29 is 13.9 Å². The number of aromatic nitrogens is 1. The van der Waals surface area contributed by atoms with Crippen molar-refractivity contribution in [3.05, 3.63) is 93.9 Å². The number of halogens is 1. The van der Waals surface area contributed by atoms with E-state index in [4.69, 9.17) is 14.8 Å². The van der Waals surface area contributed by atoms with Crippen LogP contribution in [0, 0.1) is 12.7 Å². The normalized spacial score (nSPS) is 13.9. The number of ether oxygens (including phenoxy) is 1. The van der Waals surface area contributed by atoms with Gasteiger partial charge in [0.15, 0.2) is 6.61 Å². The summed E-state index contributed by atoms with van der Waals surface area (Å²) in [6.07, 6.45) is 0. The van der Waals surface area contributed by atoms with Gasteiger partial charge in [0.2, 0.25) is 4.80 Å². The highest BCUT2D eigenvalue weighted by atomic mass is 32.1. The zero-order valence-electron chi connectivity index (χ0n) is 18.6. The van der Waals surface area contributed by atoms with Gasteiger partial charge in [-0.2, -0.15) is 5.10 Å². The number of anilines is 1. The molecule has 1 N–H and O–H groups in total. The van der Waals surface area contributed by atoms with Crippen molar-refractivity contribution in [1.29, 1.82) is 0 Å². The first-order valence-electron chi connectivity index (χ1n) is 10.7. The van der Waals surface area contributed by atoms with E-state index in [1.165, 1.54) is 23.5 Å². The number of carbonyl (C=O) groups excluding carboxylic acids is 1. The Kier molecular flexibility index (Phi) is 5.81. The van der Waals surface area contributed by atoms with Crippen molar-refractivity contribution in [3.63, 3.8) is 0 Å². The Morgan fingerprint density at radius 2 is 1.85 bits per heavy atom. The Labute approximate surface area is 199 Å². The van der Waals surface area contributed by atoms with Crippen molar-refractivity contribution in [1.82, 2.24) is 4.68 Å². The van der Waals surface area contributed by atoms with E-state index in [1.807, 2.05) is 61.7 Å². The lowest BCUT2D eigenvalue weighted by Gasteiger charge is -2.18. The summed E-state index contributed by atoms with van der Waals surface area (Å²) in [7, 11) is 0. The number of amides is 1. The number of aryl methyl sites for hydroxylation is 1. The van der Waals surface area contributed by atoms with Crippen LogP contribution in [0.5, 0.6) is 5.75 Å². The van der Waals surface area contributed by atoms with Gasteiger partial charge >= 0.3 is 0 Å². The molecule has 0 bridgehead atoms. The third-order valence-corrected chi connectivity index (χ3v) is 6.18. The van der Waals surface area contributed by atoms with Crippen LogP contribution in [0.1, 0.15) is 18.1 Å². The molecule has 1 aliphatic heterocycles. The molecule has 3 aromatic carbocycles. The molecule has 0 atom stereocenters. The summed E-state index contributed by atoms with van der Waals surface area (Å²) in [6.45, 7) is 3.91. The number of hydrogen-bond acceptors (Lipinski definition) is 5. The van der Waals surface area contributed by atoms with Crippen molar-refractivity contribution in [3.8, 4) is 17.0 Å². The summed E-state index contributed by atoms with van der Waals surface area (Å²) in [4.78, 5) is 17.3. The molecule has 0 radical (unpaired) electrons. The second-order valence-electron chi connectivity index (χ2n) is 7.90. The summed E-state index contributed by atoms with van der Waals surface area (Å²) in [5.74, 6) is 0.137. The highest BCUT2D eigenvalue weighted by molar-refractivity contribution is 7.07. The minimum Gasteiger partial charge on any atom is -0.482 e. The van der Waals surface area contributed by atoms with Crippen LogP contribution in [0.15, 0.2) is 82.2 Å². The maximum absolute atomic E-state index is 13.4. The third kappa shape index (κ3) is 4.53. The number of benzene rings is 3. The first-order valence-corrected chi connectivity index (χ1v) is 11.5. The van der Waals surface area contributed by atoms with Crippen LogP contribution in [0.25, 0.3) is 11.3 Å². The molecule has 4 aromatic rings. The molecule has 0 aliphatic carbocycles. The Balaban J connectivity index is 1.65. The van der Waals surface area contributed by atoms with E-state index in [2.05, 4.69) is 5.32 Å². The minimum atomic E-state index is -0.297. The number of carbonyl (C=O) groups is 1. The van der Waals surface area contributed by atoms with E-state index >= 15 is 0 Å². The predicted molar refractivity (Wildman–Crippen MR) is 132 cm³/mol. The second kappa shape index (κ2) is 9.07. The number of thiazole rings is 1. The van der Waals surface area contributed by atoms with Crippen LogP contribution in [-0.4, -0.2) is 22.9 Å². The molecule has 0 fully saturated rings. The maximum Gasteiger partial charge on any atom is 0.262 e. The molecule has 1 aliphatic rings. The lowest BCUT2D eigenvalue weighted by molar-refractivity contribution is -0.118. The SMILES string of the molecule is CC(=Nn1c(-c2ccc3c(c2)NC(=O)CO3)csc1=Nc1ccc(C)cc1)c1ccc(F)cc1. The van der Waals surface area contributed by atoms with Gasteiger partial charge in [-0.05, 0) is 61.9 Å². The van der Waals surface area contributed by atoms with E-state index in [0.29, 0.717) is 21.9 Å². The quantitative estimate of drug-likeness (QED) is 0.399. The van der Waals surface area contributed by atoms with Crippen molar-refractivity contribution in [2.75, 3.05) is 11.9 Å². The summed E-state index contributed by atoms with van der Waals surface area (Å²) >= 11 is 1.46. The zero-order valence-corrected chi connectivity index (χ0v) is 19.4. The average molecular weight is 473 g/mol. The van der Waals surface area contributed by atoms with Crippen LogP contribution >= 0.6 is 11.3 Å². The molecule has 1 amide bonds. The fourth-order valence-corrected chi connectivity index (χ4v) is 4.39. The largest absolute Gasteiger partial charge is 0.482 e. The van der Waals surface area contributed by atoms with Crippen LogP contribution < -0.4 is 14.9 Å². The van der Waals surface area contributed by atoms with Gasteiger partial charge in [-0.3, -0.25) is 4.79 Å². The highest BCUT2D eigenvalue weighted by Gasteiger charge is 2.18. The number of fused-ring (bicyclic) bond motifs is 1. The molecule has 34 heavy (non-hydrogen) atoms. The number of hydrogen-bond donors (Lipinski definition) is 1. The number of nitrogens with one attached hydrogen (secondary N) is 1. The fourth-order valence-electron chi connectivity index (χ4n) is 3.54. The van der Waals surface area contributed by atoms with Crippen molar-refractivity contribution >= 4 is 34.3 Å². The molecule has 2 heterocycles. The second-order valence-corrected chi connectivity index (χ2v) is 8.74. The van der Waals surface area contributed by atoms with Gasteiger partial charge < -0.3 is 10.1 Å². The molecule has 8 heteroatoms. The lowest BCUT2D eigenvalue weighted by atomic mass is 10.1. The molecule has 0 saturated carbocycles. The van der Waals surface area contributed by atoms with E-state index in [-0.39, 0.29) is 18.3 Å². The van der Waals surface area contributed by atoms with Crippen LogP contribution in [0.4, 0.5) is 15.8 Å². The van der Waals surface area contributed by atoms with Crippen molar-refractivity contribution in [2.24, 2.45) is 10.1 Å². The van der Waals surface area contributed by atoms with E-state index in [9.17, 15) is 9.18 Å². The number of nitrogens with zero attached hydrogens (tertiary/aromatic N) is 3. The zero-order chi connectivity index (χ0) is 23.7. The summed E-state index contributed by atoms with van der Waals surface area (Å²) < 4.78 is 20.7. The van der Waals surface area contributed by atoms with Crippen LogP contribution in [0.3, 0.4) is 0 Å². The van der Waals surface area contributed by atoms with Gasteiger partial charge in [-0.1, -0.05) is 29.8 Å². The Morgan fingerprint density at radius 3 is 2.62 bits per heavy atom. The smallest absolute Gasteiger partial charge is 0.262 e. The Hall–Kier alpha value is -4.04. The van der Waals surface area contributed by atoms with Gasteiger partial charge in [0, 0.05) is 10.9 Å². The van der Waals surface area contributed by atoms with Crippen LogP contribution in [-0.2, 0) is 4.79 Å². The topological polar surface area (TPSA) is 68.0 Å². The Bertz CT molecular complexity index is 1470. The molecule has 1 aromatic heterocycles. The third-order valence-electron chi connectivity index (χ3n) is 5.36. The van der Waals surface area contributed by atoms with Gasteiger partial charge in [0.1, 0.15) is 11.6 Å². The Morgan fingerprint density at radius 1 is 1.09 bits per heavy atom. The van der Waals surface area contributed by atoms with Gasteiger partial charge in [-0.15, -0.1) is 11.3 Å². The summed E-state index contributed by atoms with van der Waals surface area (Å²) in [5.41, 5.74) is 5.75. The summed E-state index contributed by atoms with van der Waals surface area (Å²) in [5, 5.41) is 9.67. The van der Waals surface area contributed by atoms with E-state index in [0.717, 1.165) is 28.1 Å². The highest BCUT2D eigenvalue weighted by Crippen LogP contribution is 2.33. The number of rotatable bonds is 4. The average Bonchev–Trinajstić information content (AvgIpc) is 3.22. The summed E-state index contributed by atoms with van der Waals surface area (Å²) in [6, 6.07) is 19.8. The maximum atomic E-state index is 13.4. The molecule has 0 unspecified atom stereocenters. The molecule has 170 valence electrons. The molecular weight excluding hydrogens is 451 g/mol. The molecule has 0 spiro atoms. The first-order chi connectivity index (χ1) is 16.5. The first kappa shape index (κ1) is 21.8. The van der Waals surface area contributed by atoms with Crippen molar-refractivity contribution in [2.45, 2.75) is 13.8 Å². The minimum absolute atomic E-state index is 0.00549. The molecular formula is C26H21FN4O2S.